The number of anilines is 3. The lowest BCUT2D eigenvalue weighted by molar-refractivity contribution is 1.07. The van der Waals surface area contributed by atoms with Crippen molar-refractivity contribution in [2.24, 2.45) is 0 Å². The van der Waals surface area contributed by atoms with Crippen LogP contribution in [0.25, 0.3) is 61.7 Å². The van der Waals surface area contributed by atoms with Gasteiger partial charge in [-0.2, -0.15) is 0 Å². The fourth-order valence-electron chi connectivity index (χ4n) is 6.40. The fraction of sp³-hybridized carbons (Fsp3) is 0. The number of fused-ring (bicyclic) bond motifs is 5. The van der Waals surface area contributed by atoms with Crippen LogP contribution in [0.3, 0.4) is 0 Å². The van der Waals surface area contributed by atoms with Crippen LogP contribution in [0.5, 0.6) is 0 Å². The van der Waals surface area contributed by atoms with Crippen LogP contribution in [-0.2, 0) is 0 Å². The van der Waals surface area contributed by atoms with Crippen LogP contribution < -0.4 is 4.90 Å². The molecular formula is C39H25N5. The monoisotopic (exact) mass is 563 g/mol. The Labute approximate surface area is 254 Å². The van der Waals surface area contributed by atoms with E-state index >= 15 is 0 Å². The molecular weight excluding hydrogens is 538 g/mol. The van der Waals surface area contributed by atoms with E-state index < -0.39 is 0 Å². The third kappa shape index (κ3) is 3.76. The normalized spacial score (nSPS) is 12.0. The molecule has 9 rings (SSSR count). The third-order valence-corrected chi connectivity index (χ3v) is 8.34. The van der Waals surface area contributed by atoms with Crippen LogP contribution in [0.1, 0.15) is 0 Å². The molecule has 0 spiro atoms. The first-order chi connectivity index (χ1) is 21.8. The van der Waals surface area contributed by atoms with Gasteiger partial charge in [0.2, 0.25) is 0 Å². The second-order valence-electron chi connectivity index (χ2n) is 10.9. The van der Waals surface area contributed by atoms with Gasteiger partial charge in [-0.3, -0.25) is 0 Å². The first kappa shape index (κ1) is 24.5. The molecule has 0 amide bonds. The number of para-hydroxylation sites is 4. The van der Waals surface area contributed by atoms with Gasteiger partial charge in [-0.1, -0.05) is 115 Å². The Balaban J connectivity index is 1.26. The zero-order valence-corrected chi connectivity index (χ0v) is 23.7. The van der Waals surface area contributed by atoms with Gasteiger partial charge in [0.15, 0.2) is 17.5 Å². The van der Waals surface area contributed by atoms with E-state index in [0.29, 0.717) is 17.5 Å². The van der Waals surface area contributed by atoms with Crippen molar-refractivity contribution in [3.63, 3.8) is 0 Å². The molecule has 0 fully saturated rings. The Morgan fingerprint density at radius 3 is 1.64 bits per heavy atom. The summed E-state index contributed by atoms with van der Waals surface area (Å²) in [6, 6.07) is 52.6. The molecule has 6 aromatic carbocycles. The van der Waals surface area contributed by atoms with E-state index in [2.05, 4.69) is 100 Å². The standard InChI is InChI=1S/C39H25N5/c1-3-13-26(14-4-1)37-40-38(27-15-5-2-6-16-27)42-39(41-37)28-17-11-18-29(25-28)43-33-22-9-10-23-34(33)44-32-21-8-7-19-30(32)31-20-12-24-35(43)36(31)44/h1-25H. The predicted octanol–water partition coefficient (Wildman–Crippen LogP) is 9.75. The second kappa shape index (κ2) is 9.75. The van der Waals surface area contributed by atoms with Crippen LogP contribution in [0, 0.1) is 0 Å². The van der Waals surface area contributed by atoms with E-state index in [1.807, 2.05) is 60.7 Å². The third-order valence-electron chi connectivity index (χ3n) is 8.34. The van der Waals surface area contributed by atoms with Gasteiger partial charge in [-0.25, -0.2) is 15.0 Å². The van der Waals surface area contributed by atoms with Crippen molar-refractivity contribution in [3.05, 3.63) is 152 Å². The molecule has 44 heavy (non-hydrogen) atoms. The maximum absolute atomic E-state index is 4.99. The lowest BCUT2D eigenvalue weighted by atomic mass is 10.1. The molecule has 1 aliphatic rings. The van der Waals surface area contributed by atoms with Crippen LogP contribution in [0.15, 0.2) is 152 Å². The van der Waals surface area contributed by atoms with E-state index in [4.69, 9.17) is 15.0 Å². The smallest absolute Gasteiger partial charge is 0.164 e. The molecule has 0 aliphatic carbocycles. The highest BCUT2D eigenvalue weighted by Gasteiger charge is 2.28. The Bertz CT molecular complexity index is 2280. The molecule has 0 radical (unpaired) electrons. The average Bonchev–Trinajstić information content (AvgIpc) is 3.45. The van der Waals surface area contributed by atoms with Crippen molar-refractivity contribution in [2.45, 2.75) is 0 Å². The topological polar surface area (TPSA) is 46.8 Å². The highest BCUT2D eigenvalue weighted by atomic mass is 15.2. The van der Waals surface area contributed by atoms with Gasteiger partial charge in [0.1, 0.15) is 0 Å². The van der Waals surface area contributed by atoms with Gasteiger partial charge in [0.25, 0.3) is 0 Å². The summed E-state index contributed by atoms with van der Waals surface area (Å²) >= 11 is 0. The first-order valence-electron chi connectivity index (χ1n) is 14.7. The number of hydrogen-bond donors (Lipinski definition) is 0. The van der Waals surface area contributed by atoms with Gasteiger partial charge in [-0.05, 0) is 36.4 Å². The minimum absolute atomic E-state index is 0.636. The van der Waals surface area contributed by atoms with Crippen LogP contribution in [0.2, 0.25) is 0 Å². The zero-order chi connectivity index (χ0) is 29.0. The number of benzene rings is 6. The summed E-state index contributed by atoms with van der Waals surface area (Å²) in [6.07, 6.45) is 0. The summed E-state index contributed by atoms with van der Waals surface area (Å²) < 4.78 is 2.40. The van der Waals surface area contributed by atoms with Gasteiger partial charge in [-0.15, -0.1) is 0 Å². The minimum Gasteiger partial charge on any atom is -0.306 e. The summed E-state index contributed by atoms with van der Waals surface area (Å²) in [5, 5.41) is 2.49. The van der Waals surface area contributed by atoms with Crippen LogP contribution in [0.4, 0.5) is 17.1 Å². The number of rotatable bonds is 4. The maximum atomic E-state index is 4.99. The molecule has 8 aromatic rings. The first-order valence-corrected chi connectivity index (χ1v) is 14.7. The van der Waals surface area contributed by atoms with Crippen molar-refractivity contribution >= 4 is 38.9 Å². The molecule has 0 unspecified atom stereocenters. The van der Waals surface area contributed by atoms with Crippen molar-refractivity contribution < 1.29 is 0 Å². The highest BCUT2D eigenvalue weighted by Crippen LogP contribution is 2.49. The Kier molecular flexibility index (Phi) is 5.43. The van der Waals surface area contributed by atoms with Crippen LogP contribution >= 0.6 is 0 Å². The van der Waals surface area contributed by atoms with E-state index in [0.717, 1.165) is 39.4 Å². The second-order valence-corrected chi connectivity index (χ2v) is 10.9. The summed E-state index contributed by atoms with van der Waals surface area (Å²) in [7, 11) is 0. The van der Waals surface area contributed by atoms with Crippen LogP contribution in [-0.4, -0.2) is 19.5 Å². The number of aromatic nitrogens is 4. The Morgan fingerprint density at radius 2 is 0.909 bits per heavy atom. The van der Waals surface area contributed by atoms with Gasteiger partial charge in [0.05, 0.1) is 28.1 Å². The fourth-order valence-corrected chi connectivity index (χ4v) is 6.40. The molecule has 0 N–H and O–H groups in total. The van der Waals surface area contributed by atoms with E-state index in [1.54, 1.807) is 0 Å². The lowest BCUT2D eigenvalue weighted by Gasteiger charge is -2.33. The lowest BCUT2D eigenvalue weighted by Crippen LogP contribution is -2.18. The quantitative estimate of drug-likeness (QED) is 0.214. The molecule has 5 heteroatoms. The number of hydrogen-bond acceptors (Lipinski definition) is 4. The van der Waals surface area contributed by atoms with Gasteiger partial charge >= 0.3 is 0 Å². The van der Waals surface area contributed by atoms with E-state index in [9.17, 15) is 0 Å². The van der Waals surface area contributed by atoms with Crippen molar-refractivity contribution in [1.82, 2.24) is 19.5 Å². The predicted molar refractivity (Wildman–Crippen MR) is 179 cm³/mol. The largest absolute Gasteiger partial charge is 0.306 e. The van der Waals surface area contributed by atoms with E-state index in [1.165, 1.54) is 21.8 Å². The molecule has 206 valence electrons. The summed E-state index contributed by atoms with van der Waals surface area (Å²) in [6.45, 7) is 0. The van der Waals surface area contributed by atoms with Gasteiger partial charge in [0, 0.05) is 33.2 Å². The minimum atomic E-state index is 0.636. The van der Waals surface area contributed by atoms with Crippen molar-refractivity contribution in [3.8, 4) is 39.9 Å². The molecule has 0 saturated carbocycles. The summed E-state index contributed by atoms with van der Waals surface area (Å²) in [5.41, 5.74) is 9.70. The molecule has 1 aliphatic heterocycles. The molecule has 5 nitrogen and oxygen atoms in total. The van der Waals surface area contributed by atoms with Crippen molar-refractivity contribution in [2.75, 3.05) is 4.90 Å². The molecule has 2 aromatic heterocycles. The molecule has 3 heterocycles. The average molecular weight is 564 g/mol. The Hall–Kier alpha value is -6.07. The highest BCUT2D eigenvalue weighted by molar-refractivity contribution is 6.16. The summed E-state index contributed by atoms with van der Waals surface area (Å²) in [4.78, 5) is 17.2. The molecule has 0 atom stereocenters. The summed E-state index contributed by atoms with van der Waals surface area (Å²) in [5.74, 6) is 1.94. The number of nitrogens with zero attached hydrogens (tertiary/aromatic N) is 5. The van der Waals surface area contributed by atoms with E-state index in [-0.39, 0.29) is 0 Å². The zero-order valence-electron chi connectivity index (χ0n) is 23.7. The SMILES string of the molecule is c1ccc(-c2nc(-c3ccccc3)nc(-c3cccc(N4c5ccccc5-n5c6ccccc6c6cccc4c65)c3)n2)cc1. The van der Waals surface area contributed by atoms with Crippen molar-refractivity contribution in [1.29, 1.82) is 0 Å². The Morgan fingerprint density at radius 1 is 0.386 bits per heavy atom. The van der Waals surface area contributed by atoms with Gasteiger partial charge < -0.3 is 9.47 Å². The maximum Gasteiger partial charge on any atom is 0.164 e. The molecule has 0 bridgehead atoms. The molecule has 0 saturated heterocycles.